The van der Waals surface area contributed by atoms with Crippen LogP contribution in [-0.4, -0.2) is 15.8 Å². The third-order valence-corrected chi connectivity index (χ3v) is 2.19. The first-order valence-corrected chi connectivity index (χ1v) is 5.41. The topological polar surface area (TPSA) is 29.9 Å². The summed E-state index contributed by atoms with van der Waals surface area (Å²) in [5.74, 6) is 2.64. The number of nitrogens with one attached hydrogen (secondary N) is 1. The molecule has 0 aromatic carbocycles. The molecule has 0 saturated heterocycles. The van der Waals surface area contributed by atoms with Gasteiger partial charge < -0.3 is 5.32 Å². The largest absolute Gasteiger partial charge is 0.309 e. The van der Waals surface area contributed by atoms with Crippen molar-refractivity contribution in [3.8, 4) is 12.3 Å². The Morgan fingerprint density at radius 1 is 1.60 bits per heavy atom. The fourth-order valence-corrected chi connectivity index (χ4v) is 1.35. The summed E-state index contributed by atoms with van der Waals surface area (Å²) in [6, 6.07) is 2.55. The molecule has 3 heteroatoms. The zero-order valence-corrected chi connectivity index (χ0v) is 9.53. The predicted octanol–water partition coefficient (Wildman–Crippen LogP) is 1.79. The molecule has 1 aromatic rings. The lowest BCUT2D eigenvalue weighted by Gasteiger charge is -2.10. The molecule has 1 heterocycles. The van der Waals surface area contributed by atoms with Gasteiger partial charge in [-0.1, -0.05) is 13.8 Å². The van der Waals surface area contributed by atoms with Crippen molar-refractivity contribution >= 4 is 0 Å². The van der Waals surface area contributed by atoms with Crippen LogP contribution in [0.4, 0.5) is 0 Å². The third kappa shape index (κ3) is 4.18. The van der Waals surface area contributed by atoms with E-state index in [0.717, 1.165) is 25.9 Å². The third-order valence-electron chi connectivity index (χ3n) is 2.19. The molecule has 1 aromatic heterocycles. The molecule has 0 atom stereocenters. The highest BCUT2D eigenvalue weighted by Crippen LogP contribution is 2.01. The Labute approximate surface area is 91.9 Å². The van der Waals surface area contributed by atoms with E-state index in [0.29, 0.717) is 6.04 Å². The van der Waals surface area contributed by atoms with E-state index < -0.39 is 0 Å². The summed E-state index contributed by atoms with van der Waals surface area (Å²) < 4.78 is 2.02. The number of hydrogen-bond acceptors (Lipinski definition) is 2. The molecular formula is C12H19N3. The number of aryl methyl sites for hydroxylation is 1. The van der Waals surface area contributed by atoms with Crippen LogP contribution in [0, 0.1) is 12.3 Å². The van der Waals surface area contributed by atoms with Crippen molar-refractivity contribution in [1.29, 1.82) is 0 Å². The molecule has 0 spiro atoms. The molecule has 0 aliphatic carbocycles. The van der Waals surface area contributed by atoms with E-state index in [9.17, 15) is 0 Å². The smallest absolute Gasteiger partial charge is 0.0522 e. The van der Waals surface area contributed by atoms with Gasteiger partial charge in [0.1, 0.15) is 0 Å². The number of hydrogen-bond donors (Lipinski definition) is 1. The summed E-state index contributed by atoms with van der Waals surface area (Å²) in [5, 5.41) is 7.65. The lowest BCUT2D eigenvalue weighted by Crippen LogP contribution is -2.23. The monoisotopic (exact) mass is 205 g/mol. The van der Waals surface area contributed by atoms with Crippen molar-refractivity contribution in [2.24, 2.45) is 0 Å². The average Bonchev–Trinajstić information content (AvgIpc) is 2.63. The lowest BCUT2D eigenvalue weighted by molar-refractivity contribution is 0.518. The van der Waals surface area contributed by atoms with Gasteiger partial charge in [0.25, 0.3) is 0 Å². The molecule has 15 heavy (non-hydrogen) atoms. The number of rotatable bonds is 6. The van der Waals surface area contributed by atoms with Gasteiger partial charge in [-0.3, -0.25) is 4.68 Å². The second-order valence-electron chi connectivity index (χ2n) is 3.89. The van der Waals surface area contributed by atoms with Crippen LogP contribution in [0.2, 0.25) is 0 Å². The van der Waals surface area contributed by atoms with Crippen molar-refractivity contribution in [1.82, 2.24) is 15.1 Å². The summed E-state index contributed by atoms with van der Waals surface area (Å²) in [5.41, 5.74) is 1.22. The molecule has 0 aliphatic heterocycles. The van der Waals surface area contributed by atoms with Gasteiger partial charge in [-0.25, -0.2) is 0 Å². The average molecular weight is 205 g/mol. The van der Waals surface area contributed by atoms with Gasteiger partial charge in [-0.05, 0) is 12.5 Å². The molecule has 0 amide bonds. The molecule has 82 valence electrons. The van der Waals surface area contributed by atoms with E-state index in [1.807, 2.05) is 16.9 Å². The summed E-state index contributed by atoms with van der Waals surface area (Å²) in [6.07, 6.45) is 8.86. The van der Waals surface area contributed by atoms with Gasteiger partial charge in [0.15, 0.2) is 0 Å². The minimum absolute atomic E-state index is 0.499. The standard InChI is InChI=1S/C12H19N3/c1-4-5-6-9-15-12(7-8-14-15)10-13-11(2)3/h1,7-8,11,13H,5-6,9-10H2,2-3H3. The molecule has 0 aliphatic rings. The maximum Gasteiger partial charge on any atom is 0.0522 e. The molecule has 1 N–H and O–H groups in total. The maximum absolute atomic E-state index is 5.21. The Morgan fingerprint density at radius 3 is 3.07 bits per heavy atom. The maximum atomic E-state index is 5.21. The van der Waals surface area contributed by atoms with Gasteiger partial charge in [-0.15, -0.1) is 12.3 Å². The predicted molar refractivity (Wildman–Crippen MR) is 62.3 cm³/mol. The van der Waals surface area contributed by atoms with Crippen molar-refractivity contribution in [2.75, 3.05) is 0 Å². The fourth-order valence-electron chi connectivity index (χ4n) is 1.35. The van der Waals surface area contributed by atoms with Crippen molar-refractivity contribution in [2.45, 2.75) is 45.8 Å². The Bertz CT molecular complexity index is 320. The quantitative estimate of drug-likeness (QED) is 0.567. The minimum atomic E-state index is 0.499. The van der Waals surface area contributed by atoms with Crippen LogP contribution in [0.5, 0.6) is 0 Å². The number of terminal acetylenes is 1. The van der Waals surface area contributed by atoms with Crippen LogP contribution in [0.1, 0.15) is 32.4 Å². The Hall–Kier alpha value is -1.27. The zero-order chi connectivity index (χ0) is 11.1. The molecule has 1 rings (SSSR count). The van der Waals surface area contributed by atoms with Gasteiger partial charge in [0, 0.05) is 31.7 Å². The number of unbranched alkanes of at least 4 members (excludes halogenated alkanes) is 1. The molecule has 0 fully saturated rings. The van der Waals surface area contributed by atoms with E-state index >= 15 is 0 Å². The van der Waals surface area contributed by atoms with Gasteiger partial charge >= 0.3 is 0 Å². The van der Waals surface area contributed by atoms with Crippen molar-refractivity contribution in [3.63, 3.8) is 0 Å². The first-order valence-electron chi connectivity index (χ1n) is 5.41. The van der Waals surface area contributed by atoms with Crippen LogP contribution < -0.4 is 5.32 Å². The van der Waals surface area contributed by atoms with Crippen LogP contribution in [-0.2, 0) is 13.1 Å². The summed E-state index contributed by atoms with van der Waals surface area (Å²) in [7, 11) is 0. The van der Waals surface area contributed by atoms with Crippen LogP contribution >= 0.6 is 0 Å². The molecule has 3 nitrogen and oxygen atoms in total. The van der Waals surface area contributed by atoms with Gasteiger partial charge in [-0.2, -0.15) is 5.10 Å². The SMILES string of the molecule is C#CCCCn1nccc1CNC(C)C. The van der Waals surface area contributed by atoms with Crippen molar-refractivity contribution < 1.29 is 0 Å². The molecule has 0 saturated carbocycles. The van der Waals surface area contributed by atoms with Crippen molar-refractivity contribution in [3.05, 3.63) is 18.0 Å². The first kappa shape index (κ1) is 11.8. The molecule has 0 unspecified atom stereocenters. The van der Waals surface area contributed by atoms with E-state index in [1.165, 1.54) is 5.69 Å². The summed E-state index contributed by atoms with van der Waals surface area (Å²) >= 11 is 0. The van der Waals surface area contributed by atoms with Gasteiger partial charge in [0.2, 0.25) is 0 Å². The normalized spacial score (nSPS) is 10.5. The second kappa shape index (κ2) is 6.26. The highest BCUT2D eigenvalue weighted by Gasteiger charge is 2.02. The van der Waals surface area contributed by atoms with Gasteiger partial charge in [0.05, 0.1) is 5.69 Å². The Morgan fingerprint density at radius 2 is 2.40 bits per heavy atom. The van der Waals surface area contributed by atoms with E-state index in [2.05, 4.69) is 30.2 Å². The van der Waals surface area contributed by atoms with Crippen LogP contribution in [0.3, 0.4) is 0 Å². The highest BCUT2D eigenvalue weighted by atomic mass is 15.3. The number of aromatic nitrogens is 2. The number of nitrogens with zero attached hydrogens (tertiary/aromatic N) is 2. The van der Waals surface area contributed by atoms with E-state index in [-0.39, 0.29) is 0 Å². The van der Waals surface area contributed by atoms with E-state index in [4.69, 9.17) is 6.42 Å². The minimum Gasteiger partial charge on any atom is -0.309 e. The highest BCUT2D eigenvalue weighted by molar-refractivity contribution is 5.00. The van der Waals surface area contributed by atoms with E-state index in [1.54, 1.807) is 0 Å². The summed E-state index contributed by atoms with van der Waals surface area (Å²) in [4.78, 5) is 0. The fraction of sp³-hybridized carbons (Fsp3) is 0.583. The summed E-state index contributed by atoms with van der Waals surface area (Å²) in [6.45, 7) is 6.05. The van der Waals surface area contributed by atoms with Crippen LogP contribution in [0.15, 0.2) is 12.3 Å². The lowest BCUT2D eigenvalue weighted by atomic mass is 10.3. The Balaban J connectivity index is 2.43. The zero-order valence-electron chi connectivity index (χ0n) is 9.53. The Kier molecular flexibility index (Phi) is 4.92. The molecule has 0 radical (unpaired) electrons. The second-order valence-corrected chi connectivity index (χ2v) is 3.89. The first-order chi connectivity index (χ1) is 7.24. The molecule has 0 bridgehead atoms. The van der Waals surface area contributed by atoms with Crippen LogP contribution in [0.25, 0.3) is 0 Å². The molecular weight excluding hydrogens is 186 g/mol.